The van der Waals surface area contributed by atoms with Crippen molar-refractivity contribution in [3.63, 3.8) is 0 Å². The van der Waals surface area contributed by atoms with Gasteiger partial charge in [0.05, 0.1) is 23.2 Å². The molecule has 2 amide bonds. The number of hydrogen-bond acceptors (Lipinski definition) is 7. The highest BCUT2D eigenvalue weighted by Gasteiger charge is 2.38. The molecule has 0 spiro atoms. The Morgan fingerprint density at radius 3 is 2.50 bits per heavy atom. The van der Waals surface area contributed by atoms with Gasteiger partial charge < -0.3 is 10.2 Å². The molecule has 9 nitrogen and oxygen atoms in total. The van der Waals surface area contributed by atoms with Crippen molar-refractivity contribution in [2.24, 2.45) is 0 Å². The van der Waals surface area contributed by atoms with Gasteiger partial charge in [-0.1, -0.05) is 24.3 Å². The van der Waals surface area contributed by atoms with Crippen molar-refractivity contribution in [1.29, 1.82) is 0 Å². The molecule has 1 fully saturated rings. The summed E-state index contributed by atoms with van der Waals surface area (Å²) in [6.07, 6.45) is 4.07. The van der Waals surface area contributed by atoms with Crippen LogP contribution in [0, 0.1) is 5.95 Å². The molecule has 1 N–H and O–H groups in total. The Balaban J connectivity index is 1.27. The number of amides is 2. The molecule has 5 rings (SSSR count). The number of aromatic nitrogens is 3. The predicted octanol–water partition coefficient (Wildman–Crippen LogP) is 3.47. The number of thiazole rings is 1. The van der Waals surface area contributed by atoms with Gasteiger partial charge >= 0.3 is 0 Å². The zero-order valence-corrected chi connectivity index (χ0v) is 20.6. The molecule has 0 radical (unpaired) electrons. The molecule has 1 saturated heterocycles. The van der Waals surface area contributed by atoms with Gasteiger partial charge in [-0.25, -0.2) is 18.4 Å². The summed E-state index contributed by atoms with van der Waals surface area (Å²) < 4.78 is 37.8. The number of halogens is 1. The molecule has 0 unspecified atom stereocenters. The van der Waals surface area contributed by atoms with Gasteiger partial charge in [-0.2, -0.15) is 4.39 Å². The molecule has 4 aromatic rings. The van der Waals surface area contributed by atoms with E-state index in [9.17, 15) is 22.4 Å². The standard InChI is InChI=1S/C24H20FN5O4S2/c1-36(33,34)29-10-8-17(13-29)23(32)30-11-9-20(30)22(31)28-24-27-19(14-35-24)16-5-2-4-15(12-16)18-6-3-7-21(25)26-18/h2-8,10,12-14,20H,9,11H2,1H3,(H,27,28,31)/t20-/m0/s1. The highest BCUT2D eigenvalue weighted by atomic mass is 32.2. The first-order valence-electron chi connectivity index (χ1n) is 10.9. The van der Waals surface area contributed by atoms with Crippen molar-refractivity contribution in [3.8, 4) is 22.5 Å². The van der Waals surface area contributed by atoms with E-state index in [1.54, 1.807) is 17.5 Å². The Kier molecular flexibility index (Phi) is 6.14. The van der Waals surface area contributed by atoms with E-state index in [0.29, 0.717) is 29.5 Å². The van der Waals surface area contributed by atoms with Crippen molar-refractivity contribution in [1.82, 2.24) is 18.8 Å². The first-order valence-corrected chi connectivity index (χ1v) is 13.6. The van der Waals surface area contributed by atoms with Gasteiger partial charge in [0.15, 0.2) is 5.13 Å². The maximum absolute atomic E-state index is 13.5. The number of rotatable bonds is 6. The van der Waals surface area contributed by atoms with Crippen LogP contribution in [0.2, 0.25) is 0 Å². The number of anilines is 1. The summed E-state index contributed by atoms with van der Waals surface area (Å²) in [5.74, 6) is -1.34. The van der Waals surface area contributed by atoms with Crippen molar-refractivity contribution < 1.29 is 22.4 Å². The van der Waals surface area contributed by atoms with Gasteiger partial charge in [-0.15, -0.1) is 11.3 Å². The van der Waals surface area contributed by atoms with Crippen LogP contribution in [-0.2, 0) is 14.8 Å². The summed E-state index contributed by atoms with van der Waals surface area (Å²) in [5, 5.41) is 4.94. The van der Waals surface area contributed by atoms with E-state index in [2.05, 4.69) is 15.3 Å². The lowest BCUT2D eigenvalue weighted by atomic mass is 10.0. The molecule has 36 heavy (non-hydrogen) atoms. The van der Waals surface area contributed by atoms with Crippen molar-refractivity contribution in [3.05, 3.63) is 77.8 Å². The summed E-state index contributed by atoms with van der Waals surface area (Å²) in [7, 11) is -3.50. The van der Waals surface area contributed by atoms with Crippen LogP contribution < -0.4 is 5.32 Å². The Bertz CT molecular complexity index is 1580. The fourth-order valence-corrected chi connectivity index (χ4v) is 5.15. The molecule has 1 aliphatic rings. The van der Waals surface area contributed by atoms with Crippen LogP contribution in [0.25, 0.3) is 22.5 Å². The van der Waals surface area contributed by atoms with E-state index in [1.807, 2.05) is 24.3 Å². The Morgan fingerprint density at radius 1 is 1.08 bits per heavy atom. The van der Waals surface area contributed by atoms with Crippen molar-refractivity contribution in [2.75, 3.05) is 18.1 Å². The maximum Gasteiger partial charge on any atom is 0.256 e. The normalized spacial score (nSPS) is 15.4. The lowest BCUT2D eigenvalue weighted by molar-refractivity contribution is -0.123. The van der Waals surface area contributed by atoms with E-state index < -0.39 is 27.9 Å². The molecule has 12 heteroatoms. The molecule has 4 heterocycles. The smallest absolute Gasteiger partial charge is 0.256 e. The summed E-state index contributed by atoms with van der Waals surface area (Å²) in [6, 6.07) is 12.7. The molecular formula is C24H20FN5O4S2. The number of benzene rings is 1. The zero-order valence-electron chi connectivity index (χ0n) is 19.0. The van der Waals surface area contributed by atoms with E-state index in [-0.39, 0.29) is 11.5 Å². The number of carbonyl (C=O) groups is 2. The number of nitrogens with one attached hydrogen (secondary N) is 1. The minimum absolute atomic E-state index is 0.196. The summed E-state index contributed by atoms with van der Waals surface area (Å²) in [6.45, 7) is 0.394. The van der Waals surface area contributed by atoms with Crippen LogP contribution in [0.4, 0.5) is 9.52 Å². The van der Waals surface area contributed by atoms with Gasteiger partial charge in [-0.3, -0.25) is 13.6 Å². The highest BCUT2D eigenvalue weighted by molar-refractivity contribution is 7.89. The van der Waals surface area contributed by atoms with E-state index in [4.69, 9.17) is 0 Å². The Morgan fingerprint density at radius 2 is 1.83 bits per heavy atom. The average molecular weight is 526 g/mol. The molecule has 0 saturated carbocycles. The van der Waals surface area contributed by atoms with Crippen LogP contribution in [-0.4, -0.2) is 57.9 Å². The summed E-state index contributed by atoms with van der Waals surface area (Å²) >= 11 is 1.25. The van der Waals surface area contributed by atoms with Crippen LogP contribution in [0.15, 0.2) is 66.3 Å². The lowest BCUT2D eigenvalue weighted by Crippen LogP contribution is -2.56. The first kappa shape index (κ1) is 23.8. The second kappa shape index (κ2) is 9.28. The van der Waals surface area contributed by atoms with Gasteiger partial charge in [-0.05, 0) is 30.7 Å². The molecule has 0 bridgehead atoms. The zero-order chi connectivity index (χ0) is 25.4. The topological polar surface area (TPSA) is 114 Å². The second-order valence-electron chi connectivity index (χ2n) is 8.25. The Hall–Kier alpha value is -3.90. The second-order valence-corrected chi connectivity index (χ2v) is 11.0. The number of likely N-dealkylation sites (tertiary alicyclic amines) is 1. The third-order valence-corrected chi connectivity index (χ3v) is 7.53. The lowest BCUT2D eigenvalue weighted by Gasteiger charge is -2.39. The van der Waals surface area contributed by atoms with Gasteiger partial charge in [0.25, 0.3) is 5.91 Å². The van der Waals surface area contributed by atoms with Crippen LogP contribution >= 0.6 is 11.3 Å². The largest absolute Gasteiger partial charge is 0.326 e. The van der Waals surface area contributed by atoms with E-state index >= 15 is 0 Å². The van der Waals surface area contributed by atoms with Crippen LogP contribution in [0.3, 0.4) is 0 Å². The number of carbonyl (C=O) groups excluding carboxylic acids is 2. The molecular weight excluding hydrogens is 505 g/mol. The molecule has 3 aromatic heterocycles. The van der Waals surface area contributed by atoms with Crippen LogP contribution in [0.1, 0.15) is 16.8 Å². The van der Waals surface area contributed by atoms with Gasteiger partial charge in [0.1, 0.15) is 6.04 Å². The summed E-state index contributed by atoms with van der Waals surface area (Å²) in [4.78, 5) is 35.4. The van der Waals surface area contributed by atoms with Crippen molar-refractivity contribution >= 4 is 38.3 Å². The molecule has 1 aliphatic heterocycles. The monoisotopic (exact) mass is 525 g/mol. The minimum atomic E-state index is -3.50. The van der Waals surface area contributed by atoms with E-state index in [1.165, 1.54) is 40.8 Å². The fraction of sp³-hybridized carbons (Fsp3) is 0.167. The number of hydrogen-bond donors (Lipinski definition) is 1. The minimum Gasteiger partial charge on any atom is -0.326 e. The number of nitrogens with zero attached hydrogens (tertiary/aromatic N) is 4. The average Bonchev–Trinajstić information content (AvgIpc) is 3.48. The van der Waals surface area contributed by atoms with Gasteiger partial charge in [0, 0.05) is 35.4 Å². The SMILES string of the molecule is CS(=O)(=O)n1ccc(C(=O)N2CC[C@H]2C(=O)Nc2nc(-c3cccc(-c4cccc(F)n4)c3)cs2)c1. The van der Waals surface area contributed by atoms with Gasteiger partial charge in [0.2, 0.25) is 21.9 Å². The number of pyridine rings is 1. The Labute approximate surface area is 210 Å². The predicted molar refractivity (Wildman–Crippen MR) is 133 cm³/mol. The van der Waals surface area contributed by atoms with E-state index in [0.717, 1.165) is 21.4 Å². The highest BCUT2D eigenvalue weighted by Crippen LogP contribution is 2.29. The summed E-state index contributed by atoms with van der Waals surface area (Å²) in [5.41, 5.74) is 2.85. The first-order chi connectivity index (χ1) is 17.2. The van der Waals surface area contributed by atoms with Crippen molar-refractivity contribution in [2.45, 2.75) is 12.5 Å². The molecule has 0 aliphatic carbocycles. The third-order valence-electron chi connectivity index (χ3n) is 5.78. The third kappa shape index (κ3) is 4.77. The quantitative estimate of drug-likeness (QED) is 0.386. The van der Waals surface area contributed by atoms with Crippen LogP contribution in [0.5, 0.6) is 0 Å². The maximum atomic E-state index is 13.5. The fourth-order valence-electron chi connectivity index (χ4n) is 3.84. The molecule has 1 aromatic carbocycles. The molecule has 184 valence electrons. The molecule has 1 atom stereocenters.